The summed E-state index contributed by atoms with van der Waals surface area (Å²) in [6.07, 6.45) is 2.71. The lowest BCUT2D eigenvalue weighted by molar-refractivity contribution is 0.110. The third-order valence-electron chi connectivity index (χ3n) is 1.60. The van der Waals surface area contributed by atoms with Gasteiger partial charge in [-0.1, -0.05) is 19.4 Å². The van der Waals surface area contributed by atoms with Crippen LogP contribution >= 0.6 is 0 Å². The summed E-state index contributed by atoms with van der Waals surface area (Å²) in [5.41, 5.74) is 0. The maximum atomic E-state index is 5.49. The molecule has 0 aliphatic heterocycles. The molecular weight excluding hydrogens is 172 g/mol. The fourth-order valence-corrected chi connectivity index (χ4v) is 2.91. The van der Waals surface area contributed by atoms with Crippen molar-refractivity contribution in [1.29, 1.82) is 0 Å². The van der Waals surface area contributed by atoms with Gasteiger partial charge in [-0.3, -0.25) is 0 Å². The van der Waals surface area contributed by atoms with E-state index in [1.807, 2.05) is 0 Å². The summed E-state index contributed by atoms with van der Waals surface area (Å²) in [6.45, 7) is 6.15. The fourth-order valence-electron chi connectivity index (χ4n) is 0.970. The predicted octanol–water partition coefficient (Wildman–Crippen LogP) is 1.83. The lowest BCUT2D eigenvalue weighted by atomic mass is 10.6. The Morgan fingerprint density at radius 1 is 1.33 bits per heavy atom. The molecule has 0 aliphatic rings. The molecule has 0 saturated heterocycles. The molecule has 0 aliphatic carbocycles. The highest BCUT2D eigenvalue weighted by Crippen LogP contribution is 2.15. The van der Waals surface area contributed by atoms with Crippen molar-refractivity contribution >= 4 is 8.80 Å². The molecule has 0 atom stereocenters. The Hall–Kier alpha value is -0.163. The van der Waals surface area contributed by atoms with Gasteiger partial charge in [-0.15, -0.1) is 6.58 Å². The number of rotatable bonds is 7. The minimum absolute atomic E-state index is 0.494. The molecule has 0 rings (SSSR count). The second kappa shape index (κ2) is 6.36. The van der Waals surface area contributed by atoms with E-state index in [1.165, 1.54) is 0 Å². The number of hydrogen-bond acceptors (Lipinski definition) is 3. The molecule has 0 N–H and O–H groups in total. The molecule has 4 heteroatoms. The van der Waals surface area contributed by atoms with Crippen molar-refractivity contribution in [3.63, 3.8) is 0 Å². The van der Waals surface area contributed by atoms with E-state index in [-0.39, 0.29) is 0 Å². The smallest absolute Gasteiger partial charge is 0.377 e. The van der Waals surface area contributed by atoms with Gasteiger partial charge in [0.15, 0.2) is 0 Å². The van der Waals surface area contributed by atoms with Crippen LogP contribution in [0.1, 0.15) is 13.3 Å². The Balaban J connectivity index is 4.03. The Morgan fingerprint density at radius 3 is 2.25 bits per heavy atom. The summed E-state index contributed by atoms with van der Waals surface area (Å²) >= 11 is 0. The van der Waals surface area contributed by atoms with E-state index in [0.717, 1.165) is 12.5 Å². The summed E-state index contributed by atoms with van der Waals surface area (Å²) in [5, 5.41) is 0. The lowest BCUT2D eigenvalue weighted by Gasteiger charge is -2.25. The molecule has 0 fully saturated rings. The van der Waals surface area contributed by atoms with Gasteiger partial charge in [0.1, 0.15) is 0 Å². The standard InChI is InChI=1S/C8H18O3Si/c1-5-7-11-12(9-3,10-4)8-6-2/h5H,1,6-8H2,2-4H3. The molecule has 72 valence electrons. The van der Waals surface area contributed by atoms with E-state index < -0.39 is 8.80 Å². The van der Waals surface area contributed by atoms with Crippen LogP contribution in [0.4, 0.5) is 0 Å². The summed E-state index contributed by atoms with van der Waals surface area (Å²) in [6, 6.07) is 0.855. The molecule has 12 heavy (non-hydrogen) atoms. The van der Waals surface area contributed by atoms with Crippen molar-refractivity contribution in [2.45, 2.75) is 19.4 Å². The maximum absolute atomic E-state index is 5.49. The van der Waals surface area contributed by atoms with Gasteiger partial charge in [0.05, 0.1) is 6.61 Å². The van der Waals surface area contributed by atoms with Crippen molar-refractivity contribution < 1.29 is 13.3 Å². The van der Waals surface area contributed by atoms with Crippen LogP contribution in [-0.4, -0.2) is 29.6 Å². The Kier molecular flexibility index (Phi) is 6.28. The van der Waals surface area contributed by atoms with Crippen LogP contribution in [0.2, 0.25) is 6.04 Å². The first kappa shape index (κ1) is 11.8. The normalized spacial score (nSPS) is 11.6. The zero-order valence-electron chi connectivity index (χ0n) is 8.13. The molecule has 0 saturated carbocycles. The molecule has 0 spiro atoms. The summed E-state index contributed by atoms with van der Waals surface area (Å²) in [4.78, 5) is 0. The monoisotopic (exact) mass is 190 g/mol. The van der Waals surface area contributed by atoms with Gasteiger partial charge < -0.3 is 13.3 Å². The van der Waals surface area contributed by atoms with Crippen LogP contribution in [0.25, 0.3) is 0 Å². The first-order valence-electron chi connectivity index (χ1n) is 4.09. The highest BCUT2D eigenvalue weighted by molar-refractivity contribution is 6.60. The van der Waals surface area contributed by atoms with Crippen LogP contribution in [0.5, 0.6) is 0 Å². The first-order chi connectivity index (χ1) is 5.74. The third-order valence-corrected chi connectivity index (χ3v) is 4.56. The Bertz CT molecular complexity index is 123. The minimum atomic E-state index is -2.34. The highest BCUT2D eigenvalue weighted by atomic mass is 28.4. The predicted molar refractivity (Wildman–Crippen MR) is 51.0 cm³/mol. The largest absolute Gasteiger partial charge is 0.500 e. The van der Waals surface area contributed by atoms with Crippen molar-refractivity contribution in [2.75, 3.05) is 20.8 Å². The maximum Gasteiger partial charge on any atom is 0.500 e. The SMILES string of the molecule is C=CCO[Si](CCC)(OC)OC. The van der Waals surface area contributed by atoms with Crippen LogP contribution < -0.4 is 0 Å². The molecule has 0 aromatic carbocycles. The van der Waals surface area contributed by atoms with E-state index in [0.29, 0.717) is 6.61 Å². The van der Waals surface area contributed by atoms with Crippen LogP contribution in [-0.2, 0) is 13.3 Å². The van der Waals surface area contributed by atoms with Crippen LogP contribution in [0.15, 0.2) is 12.7 Å². The molecule has 3 nitrogen and oxygen atoms in total. The van der Waals surface area contributed by atoms with E-state index >= 15 is 0 Å². The average Bonchev–Trinajstić information content (AvgIpc) is 2.13. The molecule has 0 bridgehead atoms. The quantitative estimate of drug-likeness (QED) is 0.453. The second-order valence-electron chi connectivity index (χ2n) is 2.44. The zero-order valence-corrected chi connectivity index (χ0v) is 9.13. The second-order valence-corrected chi connectivity index (χ2v) is 5.41. The Labute approximate surface area is 75.7 Å². The highest BCUT2D eigenvalue weighted by Gasteiger charge is 2.37. The molecule has 0 heterocycles. The van der Waals surface area contributed by atoms with Crippen molar-refractivity contribution in [3.05, 3.63) is 12.7 Å². The molecule has 0 unspecified atom stereocenters. The van der Waals surface area contributed by atoms with Crippen molar-refractivity contribution in [1.82, 2.24) is 0 Å². The van der Waals surface area contributed by atoms with Crippen molar-refractivity contribution in [2.24, 2.45) is 0 Å². The van der Waals surface area contributed by atoms with E-state index in [2.05, 4.69) is 13.5 Å². The van der Waals surface area contributed by atoms with E-state index in [9.17, 15) is 0 Å². The van der Waals surface area contributed by atoms with Gasteiger partial charge in [-0.2, -0.15) is 0 Å². The topological polar surface area (TPSA) is 27.7 Å². The van der Waals surface area contributed by atoms with Gasteiger partial charge in [0.2, 0.25) is 0 Å². The average molecular weight is 190 g/mol. The van der Waals surface area contributed by atoms with Crippen LogP contribution in [0.3, 0.4) is 0 Å². The summed E-state index contributed by atoms with van der Waals surface area (Å²) < 4.78 is 16.0. The minimum Gasteiger partial charge on any atom is -0.377 e. The van der Waals surface area contributed by atoms with Gasteiger partial charge in [0, 0.05) is 20.3 Å². The van der Waals surface area contributed by atoms with Crippen molar-refractivity contribution in [3.8, 4) is 0 Å². The fraction of sp³-hybridized carbons (Fsp3) is 0.750. The van der Waals surface area contributed by atoms with Gasteiger partial charge in [-0.05, 0) is 0 Å². The molecule has 0 radical (unpaired) electrons. The zero-order chi connectivity index (χ0) is 9.45. The summed E-state index contributed by atoms with van der Waals surface area (Å²) in [5.74, 6) is 0. The Morgan fingerprint density at radius 2 is 1.92 bits per heavy atom. The van der Waals surface area contributed by atoms with Crippen LogP contribution in [0, 0.1) is 0 Å². The van der Waals surface area contributed by atoms with E-state index in [4.69, 9.17) is 13.3 Å². The van der Waals surface area contributed by atoms with Gasteiger partial charge >= 0.3 is 8.80 Å². The lowest BCUT2D eigenvalue weighted by Crippen LogP contribution is -2.43. The summed E-state index contributed by atoms with van der Waals surface area (Å²) in [7, 11) is 0.931. The molecule has 0 aromatic heterocycles. The third kappa shape index (κ3) is 3.49. The molecular formula is C8H18O3Si. The molecule has 0 aromatic rings. The van der Waals surface area contributed by atoms with E-state index in [1.54, 1.807) is 20.3 Å². The van der Waals surface area contributed by atoms with Gasteiger partial charge in [-0.25, -0.2) is 0 Å². The number of hydrogen-bond donors (Lipinski definition) is 0. The van der Waals surface area contributed by atoms with Gasteiger partial charge in [0.25, 0.3) is 0 Å². The first-order valence-corrected chi connectivity index (χ1v) is 6.03. The molecule has 0 amide bonds.